The summed E-state index contributed by atoms with van der Waals surface area (Å²) in [5, 5.41) is 3.21. The van der Waals surface area contributed by atoms with Gasteiger partial charge in [0.2, 0.25) is 5.91 Å². The molecule has 6 nitrogen and oxygen atoms in total. The Labute approximate surface area is 178 Å². The minimum atomic E-state index is -0.503. The second-order valence-corrected chi connectivity index (χ2v) is 9.43. The molecule has 2 heterocycles. The third-order valence-corrected chi connectivity index (χ3v) is 5.77. The lowest BCUT2D eigenvalue weighted by atomic mass is 9.95. The van der Waals surface area contributed by atoms with Gasteiger partial charge in [0.05, 0.1) is 0 Å². The van der Waals surface area contributed by atoms with Gasteiger partial charge in [-0.2, -0.15) is 0 Å². The van der Waals surface area contributed by atoms with Crippen molar-refractivity contribution in [1.29, 1.82) is 0 Å². The Hall–Kier alpha value is -2.15. The molecule has 0 spiro atoms. The number of halogens is 1. The van der Waals surface area contributed by atoms with Crippen LogP contribution < -0.4 is 5.32 Å². The number of benzene rings is 1. The SMILES string of the molecule is CC(C)(C)OC(=O)N1CCC(C(=O)NC2CCN(Cc3ccc(F)cc3)CC2)CC1. The molecule has 2 aliphatic heterocycles. The Morgan fingerprint density at radius 1 is 1.03 bits per heavy atom. The smallest absolute Gasteiger partial charge is 0.410 e. The molecule has 0 aliphatic carbocycles. The zero-order chi connectivity index (χ0) is 21.7. The third-order valence-electron chi connectivity index (χ3n) is 5.77. The van der Waals surface area contributed by atoms with Gasteiger partial charge in [0.25, 0.3) is 0 Å². The quantitative estimate of drug-likeness (QED) is 0.811. The molecule has 0 saturated carbocycles. The fourth-order valence-corrected chi connectivity index (χ4v) is 4.05. The van der Waals surface area contributed by atoms with E-state index in [0.29, 0.717) is 25.9 Å². The fraction of sp³-hybridized carbons (Fsp3) is 0.652. The molecule has 2 fully saturated rings. The van der Waals surface area contributed by atoms with E-state index in [4.69, 9.17) is 4.74 Å². The van der Waals surface area contributed by atoms with Crippen molar-refractivity contribution < 1.29 is 18.7 Å². The van der Waals surface area contributed by atoms with Crippen LogP contribution >= 0.6 is 0 Å². The number of likely N-dealkylation sites (tertiary alicyclic amines) is 2. The molecule has 0 unspecified atom stereocenters. The lowest BCUT2D eigenvalue weighted by Crippen LogP contribution is -2.49. The highest BCUT2D eigenvalue weighted by Gasteiger charge is 2.31. The molecule has 0 bridgehead atoms. The Morgan fingerprint density at radius 2 is 1.63 bits per heavy atom. The van der Waals surface area contributed by atoms with E-state index >= 15 is 0 Å². The van der Waals surface area contributed by atoms with E-state index in [1.54, 1.807) is 4.90 Å². The van der Waals surface area contributed by atoms with Crippen molar-refractivity contribution in [3.05, 3.63) is 35.6 Å². The lowest BCUT2D eigenvalue weighted by molar-refractivity contribution is -0.127. The van der Waals surface area contributed by atoms with Gasteiger partial charge in [-0.3, -0.25) is 9.69 Å². The van der Waals surface area contributed by atoms with Crippen molar-refractivity contribution in [2.45, 2.75) is 64.6 Å². The fourth-order valence-electron chi connectivity index (χ4n) is 4.05. The van der Waals surface area contributed by atoms with Gasteiger partial charge in [-0.05, 0) is 64.2 Å². The maximum Gasteiger partial charge on any atom is 0.410 e. The second-order valence-electron chi connectivity index (χ2n) is 9.43. The molecule has 1 N–H and O–H groups in total. The van der Waals surface area contributed by atoms with Gasteiger partial charge in [-0.15, -0.1) is 0 Å². The Morgan fingerprint density at radius 3 is 2.20 bits per heavy atom. The first kappa shape index (κ1) is 22.5. The van der Waals surface area contributed by atoms with E-state index in [0.717, 1.165) is 38.0 Å². The van der Waals surface area contributed by atoms with Gasteiger partial charge in [0, 0.05) is 44.7 Å². The number of carbonyl (C=O) groups is 2. The minimum absolute atomic E-state index is 0.0408. The third kappa shape index (κ3) is 6.69. The van der Waals surface area contributed by atoms with Crippen molar-refractivity contribution >= 4 is 12.0 Å². The lowest BCUT2D eigenvalue weighted by Gasteiger charge is -2.35. The summed E-state index contributed by atoms with van der Waals surface area (Å²) in [6.45, 7) is 9.33. The summed E-state index contributed by atoms with van der Waals surface area (Å²) >= 11 is 0. The molecule has 30 heavy (non-hydrogen) atoms. The number of piperidine rings is 2. The number of hydrogen-bond acceptors (Lipinski definition) is 4. The molecule has 3 rings (SSSR count). The normalized spacial score (nSPS) is 19.5. The highest BCUT2D eigenvalue weighted by Crippen LogP contribution is 2.21. The number of rotatable bonds is 4. The number of carbonyl (C=O) groups excluding carboxylic acids is 2. The van der Waals surface area contributed by atoms with Crippen LogP contribution in [0.1, 0.15) is 52.0 Å². The first-order chi connectivity index (χ1) is 14.2. The molecule has 2 saturated heterocycles. The van der Waals surface area contributed by atoms with Crippen molar-refractivity contribution in [2.24, 2.45) is 5.92 Å². The van der Waals surface area contributed by atoms with Crippen molar-refractivity contribution in [3.8, 4) is 0 Å². The predicted molar refractivity (Wildman–Crippen MR) is 113 cm³/mol. The number of ether oxygens (including phenoxy) is 1. The van der Waals surface area contributed by atoms with Crippen molar-refractivity contribution in [3.63, 3.8) is 0 Å². The molecule has 0 atom stereocenters. The van der Waals surface area contributed by atoms with Gasteiger partial charge < -0.3 is 15.0 Å². The van der Waals surface area contributed by atoms with Gasteiger partial charge >= 0.3 is 6.09 Å². The van der Waals surface area contributed by atoms with Crippen LogP contribution in [0.25, 0.3) is 0 Å². The van der Waals surface area contributed by atoms with Crippen molar-refractivity contribution in [1.82, 2.24) is 15.1 Å². The van der Waals surface area contributed by atoms with Crippen LogP contribution in [0.2, 0.25) is 0 Å². The summed E-state index contributed by atoms with van der Waals surface area (Å²) in [6, 6.07) is 6.85. The van der Waals surface area contributed by atoms with E-state index in [1.165, 1.54) is 12.1 Å². The van der Waals surface area contributed by atoms with Crippen LogP contribution in [-0.4, -0.2) is 59.6 Å². The second kappa shape index (κ2) is 9.77. The Balaban J connectivity index is 1.37. The van der Waals surface area contributed by atoms with Crippen LogP contribution in [0.15, 0.2) is 24.3 Å². The first-order valence-electron chi connectivity index (χ1n) is 10.9. The van der Waals surface area contributed by atoms with Crippen molar-refractivity contribution in [2.75, 3.05) is 26.2 Å². The minimum Gasteiger partial charge on any atom is -0.444 e. The van der Waals surface area contributed by atoms with Gasteiger partial charge in [-0.25, -0.2) is 9.18 Å². The number of nitrogens with zero attached hydrogens (tertiary/aromatic N) is 2. The summed E-state index contributed by atoms with van der Waals surface area (Å²) in [4.78, 5) is 28.9. The average molecular weight is 420 g/mol. The van der Waals surface area contributed by atoms with Gasteiger partial charge in [0.1, 0.15) is 11.4 Å². The highest BCUT2D eigenvalue weighted by molar-refractivity contribution is 5.79. The Bertz CT molecular complexity index is 716. The highest BCUT2D eigenvalue weighted by atomic mass is 19.1. The van der Waals surface area contributed by atoms with E-state index < -0.39 is 5.60 Å². The molecule has 1 aromatic carbocycles. The molecule has 0 aromatic heterocycles. The molecule has 2 amide bonds. The summed E-state index contributed by atoms with van der Waals surface area (Å²) < 4.78 is 18.5. The summed E-state index contributed by atoms with van der Waals surface area (Å²) in [5.74, 6) is -0.145. The number of amides is 2. The standard InChI is InChI=1S/C23H34FN3O3/c1-23(2,3)30-22(29)27-14-8-18(9-15-27)21(28)25-20-10-12-26(13-11-20)16-17-4-6-19(24)7-5-17/h4-7,18,20H,8-16H2,1-3H3,(H,25,28). The van der Waals surface area contributed by atoms with Gasteiger partial charge in [-0.1, -0.05) is 12.1 Å². The van der Waals surface area contributed by atoms with Crippen LogP contribution in [-0.2, 0) is 16.1 Å². The summed E-state index contributed by atoms with van der Waals surface area (Å²) in [6.07, 6.45) is 2.89. The zero-order valence-corrected chi connectivity index (χ0v) is 18.3. The van der Waals surface area contributed by atoms with E-state index in [-0.39, 0.29) is 29.8 Å². The molecule has 1 aromatic rings. The summed E-state index contributed by atoms with van der Waals surface area (Å²) in [7, 11) is 0. The molecule has 7 heteroatoms. The van der Waals surface area contributed by atoms with E-state index in [1.807, 2.05) is 32.9 Å². The number of hydrogen-bond donors (Lipinski definition) is 1. The molecule has 2 aliphatic rings. The zero-order valence-electron chi connectivity index (χ0n) is 18.3. The van der Waals surface area contributed by atoms with Crippen LogP contribution in [0.4, 0.5) is 9.18 Å². The monoisotopic (exact) mass is 419 g/mol. The van der Waals surface area contributed by atoms with E-state index in [2.05, 4.69) is 10.2 Å². The molecular formula is C23H34FN3O3. The molecular weight excluding hydrogens is 385 g/mol. The summed E-state index contributed by atoms with van der Waals surface area (Å²) in [5.41, 5.74) is 0.604. The maximum atomic E-state index is 13.0. The molecule has 0 radical (unpaired) electrons. The Kier molecular flexibility index (Phi) is 7.34. The van der Waals surface area contributed by atoms with E-state index in [9.17, 15) is 14.0 Å². The first-order valence-corrected chi connectivity index (χ1v) is 10.9. The van der Waals surface area contributed by atoms with Crippen LogP contribution in [0.3, 0.4) is 0 Å². The average Bonchev–Trinajstić information content (AvgIpc) is 2.70. The van der Waals surface area contributed by atoms with Gasteiger partial charge in [0.15, 0.2) is 0 Å². The largest absolute Gasteiger partial charge is 0.444 e. The van der Waals surface area contributed by atoms with Crippen LogP contribution in [0, 0.1) is 11.7 Å². The van der Waals surface area contributed by atoms with Crippen LogP contribution in [0.5, 0.6) is 0 Å². The predicted octanol–water partition coefficient (Wildman–Crippen LogP) is 3.55. The number of nitrogens with one attached hydrogen (secondary N) is 1. The topological polar surface area (TPSA) is 61.9 Å². The molecule has 166 valence electrons. The maximum absolute atomic E-state index is 13.0.